The molecule has 0 amide bonds. The number of unbranched alkanes of at least 4 members (excludes halogenated alkanes) is 18. The van der Waals surface area contributed by atoms with Crippen LogP contribution in [0.15, 0.2) is 53.5 Å². The van der Waals surface area contributed by atoms with Crippen LogP contribution in [0.4, 0.5) is 5.82 Å². The van der Waals surface area contributed by atoms with E-state index < -0.39 is 83.7 Å². The number of nitrogen functional groups attached to an aromatic ring is 1. The number of aromatic nitrogens is 2. The Hall–Kier alpha value is -3.35. The fraction of sp³-hybridized carbons (Fsp3) is 0.729. The van der Waals surface area contributed by atoms with Crippen LogP contribution >= 0.6 is 15.6 Å². The topological polar surface area (TPSA) is 283 Å². The average Bonchev–Trinajstić information content (AvgIpc) is 3.58. The zero-order valence-corrected chi connectivity index (χ0v) is 42.6. The quantitative estimate of drug-likeness (QED) is 0.0102. The van der Waals surface area contributed by atoms with Gasteiger partial charge in [-0.1, -0.05) is 128 Å². The third kappa shape index (κ3) is 29.6. The number of rotatable bonds is 41. The lowest BCUT2D eigenvalue weighted by atomic mass is 10.1. The van der Waals surface area contributed by atoms with Gasteiger partial charge in [0.15, 0.2) is 18.1 Å². The lowest BCUT2D eigenvalue weighted by Crippen LogP contribution is -2.36. The fourth-order valence-corrected chi connectivity index (χ4v) is 9.34. The first kappa shape index (κ1) is 61.8. The molecule has 0 radical (unpaired) electrons. The Balaban J connectivity index is 1.82. The lowest BCUT2D eigenvalue weighted by Gasteiger charge is -2.21. The average molecular weight is 1020 g/mol. The normalized spacial score (nSPS) is 19.6. The van der Waals surface area contributed by atoms with E-state index in [0.29, 0.717) is 19.3 Å². The van der Waals surface area contributed by atoms with Crippen molar-refractivity contribution < 1.29 is 71.1 Å². The van der Waals surface area contributed by atoms with Crippen molar-refractivity contribution in [1.82, 2.24) is 9.55 Å². The van der Waals surface area contributed by atoms with Gasteiger partial charge in [0.05, 0.1) is 13.2 Å². The Morgan fingerprint density at radius 2 is 1.26 bits per heavy atom. The number of carbonyl (C=O) groups is 3. The standard InChI is InChI=1S/C48H81N3O16P2/c1-3-5-7-8-9-10-11-12-13-14-15-18-22-25-29-33-44(54)65-40(36-62-43(53)32-28-24-21-19-16-17-20-23-27-31-39(52)30-26-6-4-2)37-63-68(58,59)67-69(60,61)64-38-41-45(55)46(56)47(66-41)51-35-34-42(49)50-48(51)57/h10-11,20,23,27,31,34-35,40-41,45-47,55-56H,3-9,12-19,21-22,24-26,28-30,32-33,36-38H2,1-2H3,(H,58,59)(H,60,61)(H2,49,50,57)/b11-10-,23-20-,31-27+/t40-,41-,45-,46-,47-/m1/s1. The highest BCUT2D eigenvalue weighted by Crippen LogP contribution is 2.60. The van der Waals surface area contributed by atoms with Crippen molar-refractivity contribution in [2.24, 2.45) is 0 Å². The van der Waals surface area contributed by atoms with Crippen LogP contribution < -0.4 is 11.4 Å². The highest BCUT2D eigenvalue weighted by molar-refractivity contribution is 7.61. The molecule has 1 aliphatic heterocycles. The van der Waals surface area contributed by atoms with Crippen LogP contribution in [0.2, 0.25) is 0 Å². The first-order valence-corrected chi connectivity index (χ1v) is 27.9. The van der Waals surface area contributed by atoms with Crippen LogP contribution in [0.25, 0.3) is 0 Å². The van der Waals surface area contributed by atoms with Crippen LogP contribution in [-0.2, 0) is 51.1 Å². The predicted molar refractivity (Wildman–Crippen MR) is 262 cm³/mol. The van der Waals surface area contributed by atoms with E-state index in [1.165, 1.54) is 31.7 Å². The summed E-state index contributed by atoms with van der Waals surface area (Å²) in [5, 5.41) is 20.9. The number of ether oxygens (including phenoxy) is 3. The maximum absolute atomic E-state index is 12.8. The van der Waals surface area contributed by atoms with Crippen molar-refractivity contribution in [2.45, 2.75) is 205 Å². The molecule has 1 aromatic heterocycles. The molecule has 21 heteroatoms. The number of aliphatic hydroxyl groups is 2. The maximum atomic E-state index is 12.8. The van der Waals surface area contributed by atoms with Crippen molar-refractivity contribution in [2.75, 3.05) is 25.6 Å². The third-order valence-electron chi connectivity index (χ3n) is 11.2. The molecule has 0 bridgehead atoms. The van der Waals surface area contributed by atoms with Crippen LogP contribution in [-0.4, -0.2) is 91.5 Å². The number of ketones is 1. The van der Waals surface area contributed by atoms with E-state index in [0.717, 1.165) is 113 Å². The molecule has 2 heterocycles. The molecule has 2 unspecified atom stereocenters. The minimum atomic E-state index is -5.44. The number of anilines is 1. The largest absolute Gasteiger partial charge is 0.481 e. The highest BCUT2D eigenvalue weighted by atomic mass is 31.3. The van der Waals surface area contributed by atoms with Crippen LogP contribution in [0.3, 0.4) is 0 Å². The number of hydrogen-bond donors (Lipinski definition) is 5. The van der Waals surface area contributed by atoms with Gasteiger partial charge in [0.25, 0.3) is 0 Å². The van der Waals surface area contributed by atoms with E-state index in [1.807, 2.05) is 12.2 Å². The number of allylic oxidation sites excluding steroid dienone is 6. The van der Waals surface area contributed by atoms with E-state index in [1.54, 1.807) is 12.2 Å². The Labute approximate surface area is 408 Å². The van der Waals surface area contributed by atoms with Crippen molar-refractivity contribution in [3.8, 4) is 0 Å². The van der Waals surface area contributed by atoms with Crippen molar-refractivity contribution >= 4 is 39.2 Å². The van der Waals surface area contributed by atoms with Gasteiger partial charge in [0.2, 0.25) is 0 Å². The maximum Gasteiger partial charge on any atom is 0.481 e. The zero-order chi connectivity index (χ0) is 50.8. The second-order valence-electron chi connectivity index (χ2n) is 17.3. The second-order valence-corrected chi connectivity index (χ2v) is 20.4. The molecule has 0 aromatic carbocycles. The minimum Gasteiger partial charge on any atom is -0.462 e. The van der Waals surface area contributed by atoms with E-state index in [-0.39, 0.29) is 24.4 Å². The second kappa shape index (κ2) is 36.6. The van der Waals surface area contributed by atoms with Gasteiger partial charge in [-0.2, -0.15) is 9.29 Å². The van der Waals surface area contributed by atoms with Gasteiger partial charge in [0, 0.05) is 25.5 Å². The number of nitrogens with two attached hydrogens (primary N) is 1. The molecule has 1 aromatic rings. The van der Waals surface area contributed by atoms with E-state index in [2.05, 4.69) is 35.3 Å². The Kier molecular flexibility index (Phi) is 32.7. The first-order chi connectivity index (χ1) is 33.1. The molecule has 0 aliphatic carbocycles. The van der Waals surface area contributed by atoms with Crippen molar-refractivity contribution in [3.63, 3.8) is 0 Å². The fourth-order valence-electron chi connectivity index (χ4n) is 7.23. The molecular formula is C48H81N3O16P2. The molecular weight excluding hydrogens is 936 g/mol. The number of aliphatic hydroxyl groups excluding tert-OH is 2. The Morgan fingerprint density at radius 1 is 0.725 bits per heavy atom. The number of esters is 2. The van der Waals surface area contributed by atoms with E-state index in [9.17, 15) is 48.3 Å². The summed E-state index contributed by atoms with van der Waals surface area (Å²) in [6.07, 6.45) is 27.8. The summed E-state index contributed by atoms with van der Waals surface area (Å²) in [7, 11) is -10.9. The molecule has 7 atom stereocenters. The van der Waals surface area contributed by atoms with Crippen LogP contribution in [0, 0.1) is 0 Å². The van der Waals surface area contributed by atoms with E-state index >= 15 is 0 Å². The summed E-state index contributed by atoms with van der Waals surface area (Å²) >= 11 is 0. The SMILES string of the molecule is CCCCCC/C=C\CCCCCCCCCC(=O)O[C@H](COC(=O)CCCCCCC/C=C\C=C\C(=O)CCCCC)COP(=O)(O)OP(=O)(O)OC[C@H]1O[C@@H](n2ccc(N)nc2=O)[C@H](O)[C@@H]1O. The molecule has 1 aliphatic rings. The minimum absolute atomic E-state index is 0.0277. The summed E-state index contributed by atoms with van der Waals surface area (Å²) in [6.45, 7) is 1.94. The van der Waals surface area contributed by atoms with Gasteiger partial charge in [-0.05, 0) is 69.9 Å². The summed E-state index contributed by atoms with van der Waals surface area (Å²) in [4.78, 5) is 73.6. The van der Waals surface area contributed by atoms with Crippen LogP contribution in [0.5, 0.6) is 0 Å². The summed E-state index contributed by atoms with van der Waals surface area (Å²) < 4.78 is 56.7. The number of phosphoric acid groups is 2. The lowest BCUT2D eigenvalue weighted by molar-refractivity contribution is -0.161. The Bertz CT molecular complexity index is 1860. The van der Waals surface area contributed by atoms with Gasteiger partial charge in [0.1, 0.15) is 30.7 Å². The number of hydrogen-bond acceptors (Lipinski definition) is 16. The monoisotopic (exact) mass is 1020 g/mol. The number of phosphoric ester groups is 2. The summed E-state index contributed by atoms with van der Waals surface area (Å²) in [6, 6.07) is 1.24. The third-order valence-corrected chi connectivity index (χ3v) is 13.8. The van der Waals surface area contributed by atoms with Gasteiger partial charge >= 0.3 is 33.3 Å². The molecule has 1 saturated heterocycles. The molecule has 394 valence electrons. The number of carbonyl (C=O) groups excluding carboxylic acids is 3. The van der Waals surface area contributed by atoms with Gasteiger partial charge in [-0.25, -0.2) is 13.9 Å². The molecule has 1 fully saturated rings. The molecule has 69 heavy (non-hydrogen) atoms. The molecule has 0 spiro atoms. The van der Waals surface area contributed by atoms with E-state index in [4.69, 9.17) is 29.0 Å². The predicted octanol–water partition coefficient (Wildman–Crippen LogP) is 9.18. The van der Waals surface area contributed by atoms with Crippen molar-refractivity contribution in [1.29, 1.82) is 0 Å². The van der Waals surface area contributed by atoms with Gasteiger partial charge in [-0.3, -0.25) is 28.0 Å². The smallest absolute Gasteiger partial charge is 0.462 e. The molecule has 0 saturated carbocycles. The van der Waals surface area contributed by atoms with Crippen LogP contribution in [0.1, 0.15) is 181 Å². The van der Waals surface area contributed by atoms with Gasteiger partial charge < -0.3 is 39.9 Å². The highest BCUT2D eigenvalue weighted by Gasteiger charge is 2.46. The first-order valence-electron chi connectivity index (χ1n) is 25.0. The number of nitrogens with zero attached hydrogens (tertiary/aromatic N) is 2. The summed E-state index contributed by atoms with van der Waals surface area (Å²) in [5.74, 6) is -1.23. The molecule has 2 rings (SSSR count). The Morgan fingerprint density at radius 3 is 1.88 bits per heavy atom. The summed E-state index contributed by atoms with van der Waals surface area (Å²) in [5.41, 5.74) is 4.58. The van der Waals surface area contributed by atoms with Crippen molar-refractivity contribution in [3.05, 3.63) is 59.2 Å². The van der Waals surface area contributed by atoms with Gasteiger partial charge in [-0.15, -0.1) is 0 Å². The zero-order valence-electron chi connectivity index (χ0n) is 40.9. The molecule has 6 N–H and O–H groups in total. The molecule has 19 nitrogen and oxygen atoms in total.